The van der Waals surface area contributed by atoms with E-state index in [1.807, 2.05) is 12.1 Å². The topological polar surface area (TPSA) is 41.5 Å². The van der Waals surface area contributed by atoms with Crippen molar-refractivity contribution in [2.75, 3.05) is 20.3 Å². The number of nitrogens with one attached hydrogen (secondary N) is 1. The van der Waals surface area contributed by atoms with Crippen molar-refractivity contribution >= 4 is 0 Å². The molecule has 2 unspecified atom stereocenters. The third-order valence-electron chi connectivity index (χ3n) is 4.20. The predicted octanol–water partition coefficient (Wildman–Crippen LogP) is 2.58. The summed E-state index contributed by atoms with van der Waals surface area (Å²) in [7, 11) is 1.69. The summed E-state index contributed by atoms with van der Waals surface area (Å²) < 4.78 is 5.15. The van der Waals surface area contributed by atoms with E-state index in [1.165, 1.54) is 31.2 Å². The molecule has 2 rings (SSSR count). The molecule has 1 aromatic rings. The van der Waals surface area contributed by atoms with Crippen LogP contribution in [-0.4, -0.2) is 25.4 Å². The van der Waals surface area contributed by atoms with E-state index in [1.54, 1.807) is 7.11 Å². The fourth-order valence-corrected chi connectivity index (χ4v) is 2.94. The second kappa shape index (κ2) is 7.51. The highest BCUT2D eigenvalue weighted by molar-refractivity contribution is 5.26. The van der Waals surface area contributed by atoms with Crippen molar-refractivity contribution < 1.29 is 9.84 Å². The molecule has 0 bridgehead atoms. The van der Waals surface area contributed by atoms with Crippen molar-refractivity contribution in [3.8, 4) is 5.75 Å². The third-order valence-corrected chi connectivity index (χ3v) is 4.20. The Hall–Kier alpha value is -1.06. The van der Waals surface area contributed by atoms with Crippen LogP contribution in [0.15, 0.2) is 24.3 Å². The zero-order chi connectivity index (χ0) is 13.5. The molecule has 0 saturated heterocycles. The molecule has 1 aliphatic rings. The van der Waals surface area contributed by atoms with Gasteiger partial charge in [0.15, 0.2) is 0 Å². The van der Waals surface area contributed by atoms with Crippen molar-refractivity contribution in [2.24, 2.45) is 11.8 Å². The summed E-state index contributed by atoms with van der Waals surface area (Å²) in [6.07, 6.45) is 5.03. The van der Waals surface area contributed by atoms with Gasteiger partial charge >= 0.3 is 0 Å². The van der Waals surface area contributed by atoms with Crippen molar-refractivity contribution in [1.29, 1.82) is 0 Å². The van der Waals surface area contributed by atoms with Gasteiger partial charge in [0.1, 0.15) is 5.75 Å². The van der Waals surface area contributed by atoms with Crippen LogP contribution < -0.4 is 10.1 Å². The van der Waals surface area contributed by atoms with Crippen LogP contribution in [0.2, 0.25) is 0 Å². The maximum absolute atomic E-state index is 9.39. The van der Waals surface area contributed by atoms with Crippen molar-refractivity contribution in [3.05, 3.63) is 29.8 Å². The lowest BCUT2D eigenvalue weighted by Crippen LogP contribution is -2.32. The molecular formula is C16H25NO2. The lowest BCUT2D eigenvalue weighted by molar-refractivity contribution is 0.133. The Balaban J connectivity index is 1.75. The van der Waals surface area contributed by atoms with Gasteiger partial charge in [-0.25, -0.2) is 0 Å². The molecule has 106 valence electrons. The first-order valence-electron chi connectivity index (χ1n) is 7.28. The van der Waals surface area contributed by atoms with E-state index in [4.69, 9.17) is 4.74 Å². The first-order valence-corrected chi connectivity index (χ1v) is 7.28. The van der Waals surface area contributed by atoms with E-state index < -0.39 is 0 Å². The Morgan fingerprint density at radius 1 is 1.16 bits per heavy atom. The van der Waals surface area contributed by atoms with Crippen molar-refractivity contribution in [2.45, 2.75) is 32.2 Å². The standard InChI is InChI=1S/C16H25NO2/c1-19-16-8-6-13(7-9-16)10-17-11-14-4-2-3-5-15(14)12-18/h6-9,14-15,17-18H,2-5,10-12H2,1H3. The summed E-state index contributed by atoms with van der Waals surface area (Å²) in [6.45, 7) is 2.24. The van der Waals surface area contributed by atoms with Crippen molar-refractivity contribution in [1.82, 2.24) is 5.32 Å². The van der Waals surface area contributed by atoms with Crippen LogP contribution in [0, 0.1) is 11.8 Å². The molecule has 2 atom stereocenters. The molecule has 0 spiro atoms. The molecule has 1 aromatic carbocycles. The Bertz CT molecular complexity index is 364. The number of benzene rings is 1. The lowest BCUT2D eigenvalue weighted by atomic mass is 9.79. The molecule has 1 fully saturated rings. The number of aliphatic hydroxyl groups is 1. The number of aliphatic hydroxyl groups excluding tert-OH is 1. The molecule has 1 saturated carbocycles. The van der Waals surface area contributed by atoms with E-state index in [-0.39, 0.29) is 0 Å². The van der Waals surface area contributed by atoms with Crippen LogP contribution >= 0.6 is 0 Å². The van der Waals surface area contributed by atoms with Gasteiger partial charge in [0.2, 0.25) is 0 Å². The number of ether oxygens (including phenoxy) is 1. The van der Waals surface area contributed by atoms with Crippen molar-refractivity contribution in [3.63, 3.8) is 0 Å². The number of rotatable bonds is 6. The van der Waals surface area contributed by atoms with E-state index in [0.717, 1.165) is 18.8 Å². The molecule has 2 N–H and O–H groups in total. The Morgan fingerprint density at radius 3 is 2.47 bits per heavy atom. The van der Waals surface area contributed by atoms with E-state index >= 15 is 0 Å². The van der Waals surface area contributed by atoms with Crippen LogP contribution in [0.25, 0.3) is 0 Å². The number of hydrogen-bond acceptors (Lipinski definition) is 3. The molecule has 0 aliphatic heterocycles. The number of methoxy groups -OCH3 is 1. The lowest BCUT2D eigenvalue weighted by Gasteiger charge is -2.30. The highest BCUT2D eigenvalue weighted by Gasteiger charge is 2.23. The largest absolute Gasteiger partial charge is 0.497 e. The summed E-state index contributed by atoms with van der Waals surface area (Å²) >= 11 is 0. The molecule has 0 heterocycles. The van der Waals surface area contributed by atoms with Gasteiger partial charge in [-0.1, -0.05) is 25.0 Å². The molecule has 0 radical (unpaired) electrons. The molecule has 3 heteroatoms. The molecule has 0 aromatic heterocycles. The van der Waals surface area contributed by atoms with E-state index in [9.17, 15) is 5.11 Å². The van der Waals surface area contributed by atoms with Gasteiger partial charge in [-0.2, -0.15) is 0 Å². The average Bonchev–Trinajstić information content (AvgIpc) is 2.48. The monoisotopic (exact) mass is 263 g/mol. The average molecular weight is 263 g/mol. The summed E-state index contributed by atoms with van der Waals surface area (Å²) in [5, 5.41) is 12.9. The minimum absolute atomic E-state index is 0.342. The highest BCUT2D eigenvalue weighted by atomic mass is 16.5. The van der Waals surface area contributed by atoms with Crippen LogP contribution in [0.3, 0.4) is 0 Å². The van der Waals surface area contributed by atoms with Crippen LogP contribution in [0.1, 0.15) is 31.2 Å². The molecule has 19 heavy (non-hydrogen) atoms. The first kappa shape index (κ1) is 14.4. The zero-order valence-corrected chi connectivity index (χ0v) is 11.8. The number of hydrogen-bond donors (Lipinski definition) is 2. The smallest absolute Gasteiger partial charge is 0.118 e. The Kier molecular flexibility index (Phi) is 5.67. The highest BCUT2D eigenvalue weighted by Crippen LogP contribution is 2.29. The summed E-state index contributed by atoms with van der Waals surface area (Å²) in [6, 6.07) is 8.18. The fourth-order valence-electron chi connectivity index (χ4n) is 2.94. The van der Waals surface area contributed by atoms with Crippen LogP contribution in [0.4, 0.5) is 0 Å². The molecule has 3 nitrogen and oxygen atoms in total. The summed E-state index contributed by atoms with van der Waals surface area (Å²) in [5.41, 5.74) is 1.28. The quantitative estimate of drug-likeness (QED) is 0.829. The van der Waals surface area contributed by atoms with Gasteiger partial charge in [-0.3, -0.25) is 0 Å². The predicted molar refractivity (Wildman–Crippen MR) is 77.2 cm³/mol. The minimum Gasteiger partial charge on any atom is -0.497 e. The second-order valence-electron chi connectivity index (χ2n) is 5.47. The Labute approximate surface area is 116 Å². The second-order valence-corrected chi connectivity index (χ2v) is 5.47. The van der Waals surface area contributed by atoms with Crippen LogP contribution in [-0.2, 0) is 6.54 Å². The minimum atomic E-state index is 0.342. The van der Waals surface area contributed by atoms with Gasteiger partial charge in [0, 0.05) is 13.2 Å². The van der Waals surface area contributed by atoms with Gasteiger partial charge in [-0.05, 0) is 48.9 Å². The van der Waals surface area contributed by atoms with Gasteiger partial charge in [-0.15, -0.1) is 0 Å². The maximum Gasteiger partial charge on any atom is 0.118 e. The van der Waals surface area contributed by atoms with Crippen LogP contribution in [0.5, 0.6) is 5.75 Å². The zero-order valence-electron chi connectivity index (χ0n) is 11.8. The first-order chi connectivity index (χ1) is 9.33. The maximum atomic E-state index is 9.39. The normalized spacial score (nSPS) is 23.3. The fraction of sp³-hybridized carbons (Fsp3) is 0.625. The van der Waals surface area contributed by atoms with Gasteiger partial charge < -0.3 is 15.2 Å². The third kappa shape index (κ3) is 4.22. The van der Waals surface area contributed by atoms with Gasteiger partial charge in [0.05, 0.1) is 7.11 Å². The Morgan fingerprint density at radius 2 is 1.84 bits per heavy atom. The van der Waals surface area contributed by atoms with E-state index in [0.29, 0.717) is 18.4 Å². The van der Waals surface area contributed by atoms with E-state index in [2.05, 4.69) is 17.4 Å². The summed E-state index contributed by atoms with van der Waals surface area (Å²) in [5.74, 6) is 2.03. The van der Waals surface area contributed by atoms with Gasteiger partial charge in [0.25, 0.3) is 0 Å². The molecular weight excluding hydrogens is 238 g/mol. The summed E-state index contributed by atoms with van der Waals surface area (Å²) in [4.78, 5) is 0. The SMILES string of the molecule is COc1ccc(CNCC2CCCCC2CO)cc1. The molecule has 1 aliphatic carbocycles. The molecule has 0 amide bonds.